The molecule has 0 saturated carbocycles. The summed E-state index contributed by atoms with van der Waals surface area (Å²) in [6.45, 7) is 0. The van der Waals surface area contributed by atoms with Gasteiger partial charge in [0.1, 0.15) is 5.69 Å². The van der Waals surface area contributed by atoms with Crippen molar-refractivity contribution in [2.75, 3.05) is 12.8 Å². The van der Waals surface area contributed by atoms with Gasteiger partial charge in [0.15, 0.2) is 12.1 Å². The molecule has 58 valence electrons. The smallest absolute Gasteiger partial charge is 0.257 e. The predicted octanol–water partition coefficient (Wildman–Crippen LogP) is -0.120. The molecular weight excluding hydrogens is 146 g/mol. The van der Waals surface area contributed by atoms with Gasteiger partial charge >= 0.3 is 0 Å². The number of nitrogens with two attached hydrogens (primary N) is 1. The lowest BCUT2D eigenvalue weighted by Crippen LogP contribution is -2.00. The monoisotopic (exact) mass is 153 g/mol. The van der Waals surface area contributed by atoms with Crippen LogP contribution in [-0.4, -0.2) is 23.4 Å². The highest BCUT2D eigenvalue weighted by Gasteiger charge is 2.02. The van der Waals surface area contributed by atoms with Crippen molar-refractivity contribution < 1.29 is 9.53 Å². The van der Waals surface area contributed by atoms with Crippen molar-refractivity contribution in [1.82, 2.24) is 9.97 Å². The highest BCUT2D eigenvalue weighted by atomic mass is 16.5. The number of rotatable bonds is 2. The summed E-state index contributed by atoms with van der Waals surface area (Å²) in [5, 5.41) is 0. The number of hydrogen-bond acceptors (Lipinski definition) is 5. The zero-order valence-electron chi connectivity index (χ0n) is 5.94. The van der Waals surface area contributed by atoms with Crippen molar-refractivity contribution >= 4 is 12.1 Å². The molecule has 0 amide bonds. The molecule has 0 aliphatic heterocycles. The third-order valence-corrected chi connectivity index (χ3v) is 1.10. The van der Waals surface area contributed by atoms with E-state index in [-0.39, 0.29) is 17.4 Å². The average Bonchev–Trinajstić information content (AvgIpc) is 2.05. The molecular formula is C6H7N3O2. The van der Waals surface area contributed by atoms with Gasteiger partial charge in [0.2, 0.25) is 0 Å². The number of aromatic nitrogens is 2. The Bertz CT molecular complexity index is 275. The summed E-state index contributed by atoms with van der Waals surface area (Å²) in [6, 6.07) is 0. The zero-order valence-corrected chi connectivity index (χ0v) is 5.94. The van der Waals surface area contributed by atoms with Gasteiger partial charge < -0.3 is 10.5 Å². The molecule has 1 aromatic heterocycles. The molecule has 0 fully saturated rings. The maximum atomic E-state index is 10.2. The standard InChI is InChI=1S/C6H7N3O2/c1-11-6-5(7)8-2-4(3-10)9-6/h2-3H,1H3,(H2,7,8). The SMILES string of the molecule is COc1nc(C=O)cnc1N. The van der Waals surface area contributed by atoms with E-state index in [0.29, 0.717) is 6.29 Å². The molecule has 0 atom stereocenters. The van der Waals surface area contributed by atoms with Crippen LogP contribution in [-0.2, 0) is 0 Å². The van der Waals surface area contributed by atoms with Gasteiger partial charge in [-0.05, 0) is 0 Å². The van der Waals surface area contributed by atoms with E-state index in [1.165, 1.54) is 13.3 Å². The van der Waals surface area contributed by atoms with Gasteiger partial charge in [-0.2, -0.15) is 0 Å². The summed E-state index contributed by atoms with van der Waals surface area (Å²) >= 11 is 0. The highest BCUT2D eigenvalue weighted by molar-refractivity contribution is 5.71. The number of anilines is 1. The predicted molar refractivity (Wildman–Crippen MR) is 38.4 cm³/mol. The van der Waals surface area contributed by atoms with Crippen molar-refractivity contribution in [3.63, 3.8) is 0 Å². The van der Waals surface area contributed by atoms with Gasteiger partial charge in [0, 0.05) is 0 Å². The molecule has 5 heteroatoms. The van der Waals surface area contributed by atoms with Crippen molar-refractivity contribution in [3.8, 4) is 5.88 Å². The maximum Gasteiger partial charge on any atom is 0.257 e. The van der Waals surface area contributed by atoms with Gasteiger partial charge in [-0.25, -0.2) is 9.97 Å². The highest BCUT2D eigenvalue weighted by Crippen LogP contribution is 2.12. The number of hydrogen-bond donors (Lipinski definition) is 1. The number of carbonyl (C=O) groups is 1. The molecule has 0 unspecified atom stereocenters. The molecule has 1 rings (SSSR count). The Kier molecular flexibility index (Phi) is 2.00. The Morgan fingerprint density at radius 3 is 3.00 bits per heavy atom. The summed E-state index contributed by atoms with van der Waals surface area (Å²) in [7, 11) is 1.41. The summed E-state index contributed by atoms with van der Waals surface area (Å²) in [4.78, 5) is 17.6. The lowest BCUT2D eigenvalue weighted by Gasteiger charge is -2.00. The second kappa shape index (κ2) is 2.96. The molecule has 11 heavy (non-hydrogen) atoms. The quantitative estimate of drug-likeness (QED) is 0.599. The fourth-order valence-electron chi connectivity index (χ4n) is 0.601. The minimum atomic E-state index is 0.176. The lowest BCUT2D eigenvalue weighted by molar-refractivity contribution is 0.111. The Labute approximate surface area is 63.2 Å². The van der Waals surface area contributed by atoms with Gasteiger partial charge in [-0.3, -0.25) is 4.79 Å². The van der Waals surface area contributed by atoms with Gasteiger partial charge in [-0.1, -0.05) is 0 Å². The number of carbonyl (C=O) groups excluding carboxylic acids is 1. The van der Waals surface area contributed by atoms with E-state index in [4.69, 9.17) is 10.5 Å². The Morgan fingerprint density at radius 2 is 2.45 bits per heavy atom. The topological polar surface area (TPSA) is 78.1 Å². The van der Waals surface area contributed by atoms with E-state index in [0.717, 1.165) is 0 Å². The summed E-state index contributed by atoms with van der Waals surface area (Å²) < 4.78 is 4.73. The largest absolute Gasteiger partial charge is 0.478 e. The summed E-state index contributed by atoms with van der Waals surface area (Å²) in [5.74, 6) is 0.354. The first-order valence-electron chi connectivity index (χ1n) is 2.89. The zero-order chi connectivity index (χ0) is 8.27. The Hall–Kier alpha value is -1.65. The van der Waals surface area contributed by atoms with Crippen molar-refractivity contribution in [3.05, 3.63) is 11.9 Å². The van der Waals surface area contributed by atoms with Crippen LogP contribution in [0.25, 0.3) is 0 Å². The van der Waals surface area contributed by atoms with Gasteiger partial charge in [-0.15, -0.1) is 0 Å². The van der Waals surface area contributed by atoms with E-state index in [1.807, 2.05) is 0 Å². The Morgan fingerprint density at radius 1 is 1.73 bits per heavy atom. The molecule has 2 N–H and O–H groups in total. The van der Waals surface area contributed by atoms with Gasteiger partial charge in [0.05, 0.1) is 13.3 Å². The average molecular weight is 153 g/mol. The van der Waals surface area contributed by atoms with Crippen LogP contribution in [0.4, 0.5) is 5.82 Å². The van der Waals surface area contributed by atoms with E-state index in [9.17, 15) is 4.79 Å². The van der Waals surface area contributed by atoms with E-state index in [1.54, 1.807) is 0 Å². The second-order valence-electron chi connectivity index (χ2n) is 1.81. The van der Waals surface area contributed by atoms with Gasteiger partial charge in [0.25, 0.3) is 5.88 Å². The first-order chi connectivity index (χ1) is 5.27. The van der Waals surface area contributed by atoms with Crippen LogP contribution in [0.1, 0.15) is 10.5 Å². The summed E-state index contributed by atoms with van der Waals surface area (Å²) in [6.07, 6.45) is 1.86. The van der Waals surface area contributed by atoms with E-state index in [2.05, 4.69) is 9.97 Å². The minimum Gasteiger partial charge on any atom is -0.478 e. The second-order valence-corrected chi connectivity index (χ2v) is 1.81. The number of nitrogens with zero attached hydrogens (tertiary/aromatic N) is 2. The van der Waals surface area contributed by atoms with Crippen LogP contribution in [0.15, 0.2) is 6.20 Å². The Balaban J connectivity index is 3.12. The van der Waals surface area contributed by atoms with E-state index < -0.39 is 0 Å². The molecule has 0 saturated heterocycles. The lowest BCUT2D eigenvalue weighted by atomic mass is 10.5. The fourth-order valence-corrected chi connectivity index (χ4v) is 0.601. The first-order valence-corrected chi connectivity index (χ1v) is 2.89. The van der Waals surface area contributed by atoms with Crippen molar-refractivity contribution in [2.24, 2.45) is 0 Å². The maximum absolute atomic E-state index is 10.2. The van der Waals surface area contributed by atoms with Crippen LogP contribution < -0.4 is 10.5 Å². The van der Waals surface area contributed by atoms with Crippen LogP contribution in [0.5, 0.6) is 5.88 Å². The third kappa shape index (κ3) is 1.43. The molecule has 0 spiro atoms. The van der Waals surface area contributed by atoms with Crippen LogP contribution in [0.3, 0.4) is 0 Å². The van der Waals surface area contributed by atoms with Crippen LogP contribution in [0.2, 0.25) is 0 Å². The molecule has 0 bridgehead atoms. The molecule has 1 heterocycles. The number of aldehydes is 1. The number of ether oxygens (including phenoxy) is 1. The van der Waals surface area contributed by atoms with Crippen molar-refractivity contribution in [2.45, 2.75) is 0 Å². The normalized spacial score (nSPS) is 9.18. The molecule has 0 aliphatic rings. The molecule has 0 aromatic carbocycles. The van der Waals surface area contributed by atoms with Crippen LogP contribution >= 0.6 is 0 Å². The first kappa shape index (κ1) is 7.46. The number of nitrogen functional groups attached to an aromatic ring is 1. The molecule has 1 aromatic rings. The van der Waals surface area contributed by atoms with E-state index >= 15 is 0 Å². The molecule has 5 nitrogen and oxygen atoms in total. The van der Waals surface area contributed by atoms with Crippen molar-refractivity contribution in [1.29, 1.82) is 0 Å². The molecule has 0 aliphatic carbocycles. The number of methoxy groups -OCH3 is 1. The third-order valence-electron chi connectivity index (χ3n) is 1.10. The van der Waals surface area contributed by atoms with Crippen LogP contribution in [0, 0.1) is 0 Å². The minimum absolute atomic E-state index is 0.176. The molecule has 0 radical (unpaired) electrons. The summed E-state index contributed by atoms with van der Waals surface area (Å²) in [5.41, 5.74) is 5.54. The fraction of sp³-hybridized carbons (Fsp3) is 0.167.